The summed E-state index contributed by atoms with van der Waals surface area (Å²) in [5.41, 5.74) is -0.114. The van der Waals surface area contributed by atoms with E-state index in [1.54, 1.807) is 31.2 Å². The highest BCUT2D eigenvalue weighted by molar-refractivity contribution is 6.33. The van der Waals surface area contributed by atoms with Gasteiger partial charge in [-0.15, -0.1) is 0 Å². The lowest BCUT2D eigenvalue weighted by Crippen LogP contribution is -2.35. The van der Waals surface area contributed by atoms with E-state index < -0.39 is 17.4 Å². The van der Waals surface area contributed by atoms with E-state index >= 15 is 0 Å². The van der Waals surface area contributed by atoms with E-state index in [-0.39, 0.29) is 18.4 Å². The molecule has 0 spiro atoms. The zero-order valence-corrected chi connectivity index (χ0v) is 13.3. The van der Waals surface area contributed by atoms with E-state index in [1.165, 1.54) is 6.08 Å². The van der Waals surface area contributed by atoms with Gasteiger partial charge in [0.1, 0.15) is 0 Å². The molecule has 116 valence electrons. The normalized spacial score (nSPS) is 21.0. The van der Waals surface area contributed by atoms with Crippen LogP contribution in [0.25, 0.3) is 0 Å². The molecular weight excluding hydrogens is 327 g/mol. The van der Waals surface area contributed by atoms with Crippen molar-refractivity contribution in [3.05, 3.63) is 57.1 Å². The summed E-state index contributed by atoms with van der Waals surface area (Å²) in [6.07, 6.45) is 3.05. The molecule has 1 aromatic rings. The number of halogens is 2. The molecule has 0 amide bonds. The van der Waals surface area contributed by atoms with Crippen LogP contribution in [-0.2, 0) is 16.0 Å². The van der Waals surface area contributed by atoms with E-state index in [9.17, 15) is 19.8 Å². The van der Waals surface area contributed by atoms with Crippen molar-refractivity contribution in [3.63, 3.8) is 0 Å². The van der Waals surface area contributed by atoms with Crippen molar-refractivity contribution < 1.29 is 19.8 Å². The third-order valence-corrected chi connectivity index (χ3v) is 4.42. The molecule has 1 unspecified atom stereocenters. The highest BCUT2D eigenvalue weighted by Crippen LogP contribution is 2.39. The molecular formula is C16H14Cl2O4. The Morgan fingerprint density at radius 3 is 2.55 bits per heavy atom. The molecule has 1 aliphatic carbocycles. The predicted molar refractivity (Wildman–Crippen MR) is 84.3 cm³/mol. The third-order valence-electron chi connectivity index (χ3n) is 3.82. The maximum atomic E-state index is 11.8. The summed E-state index contributed by atoms with van der Waals surface area (Å²) in [4.78, 5) is 23.1. The van der Waals surface area contributed by atoms with Crippen molar-refractivity contribution in [2.75, 3.05) is 0 Å². The van der Waals surface area contributed by atoms with Crippen molar-refractivity contribution in [2.45, 2.75) is 19.8 Å². The van der Waals surface area contributed by atoms with Gasteiger partial charge >= 0.3 is 11.9 Å². The van der Waals surface area contributed by atoms with Crippen molar-refractivity contribution in [1.82, 2.24) is 0 Å². The molecule has 6 heteroatoms. The van der Waals surface area contributed by atoms with Crippen molar-refractivity contribution >= 4 is 35.1 Å². The fraction of sp³-hybridized carbons (Fsp3) is 0.250. The Morgan fingerprint density at radius 2 is 1.95 bits per heavy atom. The van der Waals surface area contributed by atoms with Gasteiger partial charge in [0.25, 0.3) is 0 Å². The Bertz CT molecular complexity index is 706. The van der Waals surface area contributed by atoms with Crippen LogP contribution in [-0.4, -0.2) is 22.2 Å². The first-order valence-electron chi connectivity index (χ1n) is 6.55. The second-order valence-corrected chi connectivity index (χ2v) is 6.19. The first-order chi connectivity index (χ1) is 10.2. The van der Waals surface area contributed by atoms with Crippen LogP contribution in [0.3, 0.4) is 0 Å². The second kappa shape index (κ2) is 6.15. The Morgan fingerprint density at radius 1 is 1.27 bits per heavy atom. The lowest BCUT2D eigenvalue weighted by molar-refractivity contribution is -0.146. The number of carbonyl (C=O) groups is 2. The van der Waals surface area contributed by atoms with Crippen LogP contribution in [0, 0.1) is 5.41 Å². The first-order valence-corrected chi connectivity index (χ1v) is 7.30. The molecule has 0 saturated carbocycles. The highest BCUT2D eigenvalue weighted by atomic mass is 35.5. The molecule has 0 bridgehead atoms. The Kier molecular flexibility index (Phi) is 4.63. The lowest BCUT2D eigenvalue weighted by Gasteiger charge is -2.30. The first kappa shape index (κ1) is 16.6. The van der Waals surface area contributed by atoms with Crippen LogP contribution in [0.15, 0.2) is 41.5 Å². The summed E-state index contributed by atoms with van der Waals surface area (Å²) in [6.45, 7) is 1.65. The molecule has 1 atom stereocenters. The molecule has 0 saturated heterocycles. The lowest BCUT2D eigenvalue weighted by atomic mass is 9.72. The summed E-state index contributed by atoms with van der Waals surface area (Å²) in [5, 5.41) is 19.8. The average molecular weight is 341 g/mol. The molecule has 0 aromatic heterocycles. The number of hydrogen-bond acceptors (Lipinski definition) is 2. The Balaban J connectivity index is 2.44. The quantitative estimate of drug-likeness (QED) is 0.869. The third kappa shape index (κ3) is 3.18. The number of benzene rings is 1. The van der Waals surface area contributed by atoms with E-state index in [0.717, 1.165) is 0 Å². The molecule has 2 N–H and O–H groups in total. The van der Waals surface area contributed by atoms with Gasteiger partial charge in [-0.1, -0.05) is 35.4 Å². The van der Waals surface area contributed by atoms with E-state index in [2.05, 4.69) is 0 Å². The predicted octanol–water partition coefficient (Wildman–Crippen LogP) is 3.97. The summed E-state index contributed by atoms with van der Waals surface area (Å²) >= 11 is 12.0. The van der Waals surface area contributed by atoms with E-state index in [4.69, 9.17) is 23.2 Å². The highest BCUT2D eigenvalue weighted by Gasteiger charge is 2.41. The van der Waals surface area contributed by atoms with Gasteiger partial charge in [0.2, 0.25) is 0 Å². The maximum absolute atomic E-state index is 11.8. The number of rotatable bonds is 4. The maximum Gasteiger partial charge on any atom is 0.331 e. The molecule has 2 rings (SSSR count). The zero-order valence-electron chi connectivity index (χ0n) is 11.8. The SMILES string of the molecule is CC1=C(C(=O)O)CC(Cc2cc(Cl)ccc2Cl)(C(=O)O)C=C1. The van der Waals surface area contributed by atoms with Gasteiger partial charge in [0, 0.05) is 15.6 Å². The summed E-state index contributed by atoms with van der Waals surface area (Å²) in [6, 6.07) is 4.82. The summed E-state index contributed by atoms with van der Waals surface area (Å²) in [7, 11) is 0. The van der Waals surface area contributed by atoms with Gasteiger partial charge in [-0.3, -0.25) is 4.79 Å². The molecule has 4 nitrogen and oxygen atoms in total. The minimum absolute atomic E-state index is 0.0717. The molecule has 1 aromatic carbocycles. The Labute approximate surface area is 137 Å². The molecule has 0 fully saturated rings. The van der Waals surface area contributed by atoms with E-state index in [0.29, 0.717) is 21.2 Å². The van der Waals surface area contributed by atoms with Gasteiger partial charge in [-0.25, -0.2) is 4.79 Å². The number of hydrogen-bond donors (Lipinski definition) is 2. The fourth-order valence-corrected chi connectivity index (χ4v) is 2.88. The van der Waals surface area contributed by atoms with Gasteiger partial charge < -0.3 is 10.2 Å². The molecule has 0 heterocycles. The van der Waals surface area contributed by atoms with Crippen molar-refractivity contribution in [3.8, 4) is 0 Å². The van der Waals surface area contributed by atoms with Gasteiger partial charge in [-0.05, 0) is 49.1 Å². The fourth-order valence-electron chi connectivity index (χ4n) is 2.51. The van der Waals surface area contributed by atoms with Crippen LogP contribution in [0.2, 0.25) is 10.0 Å². The monoisotopic (exact) mass is 340 g/mol. The smallest absolute Gasteiger partial charge is 0.331 e. The zero-order chi connectivity index (χ0) is 16.5. The molecule has 22 heavy (non-hydrogen) atoms. The second-order valence-electron chi connectivity index (χ2n) is 5.35. The van der Waals surface area contributed by atoms with Crippen LogP contribution in [0.4, 0.5) is 0 Å². The number of carboxylic acid groups (broad SMARTS) is 2. The minimum Gasteiger partial charge on any atom is -0.481 e. The summed E-state index contributed by atoms with van der Waals surface area (Å²) in [5.74, 6) is -2.20. The van der Waals surface area contributed by atoms with Gasteiger partial charge in [0.15, 0.2) is 0 Å². The largest absolute Gasteiger partial charge is 0.481 e. The van der Waals surface area contributed by atoms with Crippen LogP contribution >= 0.6 is 23.2 Å². The van der Waals surface area contributed by atoms with Crippen LogP contribution in [0.1, 0.15) is 18.9 Å². The van der Waals surface area contributed by atoms with Crippen molar-refractivity contribution in [2.24, 2.45) is 5.41 Å². The number of aliphatic carboxylic acids is 2. The van der Waals surface area contributed by atoms with Crippen LogP contribution in [0.5, 0.6) is 0 Å². The van der Waals surface area contributed by atoms with Gasteiger partial charge in [-0.2, -0.15) is 0 Å². The number of carboxylic acids is 2. The topological polar surface area (TPSA) is 74.6 Å². The van der Waals surface area contributed by atoms with Crippen LogP contribution < -0.4 is 0 Å². The number of allylic oxidation sites excluding steroid dienone is 2. The Hall–Kier alpha value is -1.78. The molecule has 0 aliphatic heterocycles. The van der Waals surface area contributed by atoms with Crippen molar-refractivity contribution in [1.29, 1.82) is 0 Å². The van der Waals surface area contributed by atoms with Gasteiger partial charge in [0.05, 0.1) is 5.41 Å². The average Bonchev–Trinajstić information content (AvgIpc) is 2.44. The summed E-state index contributed by atoms with van der Waals surface area (Å²) < 4.78 is 0. The minimum atomic E-state index is -1.35. The molecule has 0 radical (unpaired) electrons. The standard InChI is InChI=1S/C16H14Cl2O4/c1-9-4-5-16(15(21)22,8-12(9)14(19)20)7-10-6-11(17)2-3-13(10)18/h2-6H,7-8H2,1H3,(H,19,20)(H,21,22). The molecule has 1 aliphatic rings. The van der Waals surface area contributed by atoms with E-state index in [1.807, 2.05) is 0 Å².